The van der Waals surface area contributed by atoms with Gasteiger partial charge in [0.2, 0.25) is 0 Å². The predicted octanol–water partition coefficient (Wildman–Crippen LogP) is 4.94. The minimum atomic E-state index is -4.18. The van der Waals surface area contributed by atoms with Crippen molar-refractivity contribution in [3.8, 4) is 5.75 Å². The van der Waals surface area contributed by atoms with Crippen LogP contribution in [0.2, 0.25) is 0 Å². The first kappa shape index (κ1) is 23.5. The molecule has 0 saturated heterocycles. The molecule has 0 aliphatic heterocycles. The molecule has 0 aliphatic carbocycles. The van der Waals surface area contributed by atoms with Crippen molar-refractivity contribution in [1.82, 2.24) is 4.31 Å². The van der Waals surface area contributed by atoms with Crippen LogP contribution < -0.4 is 4.74 Å². The van der Waals surface area contributed by atoms with Gasteiger partial charge in [-0.05, 0) is 58.4 Å². The van der Waals surface area contributed by atoms with Crippen molar-refractivity contribution in [3.63, 3.8) is 0 Å². The highest BCUT2D eigenvalue weighted by atomic mass is 32.2. The SMILES string of the molecule is C=CCC(COc1ccccc1)N(C(=O)OC(C)(C)C)S(=O)(=O)c1ccc(C)cc1. The normalized spacial score (nSPS) is 12.7. The Labute approximate surface area is 179 Å². The smallest absolute Gasteiger partial charge is 0.424 e. The molecule has 1 amide bonds. The van der Waals surface area contributed by atoms with Crippen LogP contribution in [0.25, 0.3) is 0 Å². The molecule has 0 heterocycles. The maximum absolute atomic E-state index is 13.4. The van der Waals surface area contributed by atoms with Gasteiger partial charge in [0.1, 0.15) is 18.0 Å². The minimum Gasteiger partial charge on any atom is -0.491 e. The Hall–Kier alpha value is -2.80. The highest BCUT2D eigenvalue weighted by molar-refractivity contribution is 7.89. The number of nitrogens with zero attached hydrogens (tertiary/aromatic N) is 1. The van der Waals surface area contributed by atoms with Gasteiger partial charge in [0.25, 0.3) is 10.0 Å². The second-order valence-electron chi connectivity index (χ2n) is 7.90. The Bertz CT molecular complexity index is 947. The lowest BCUT2D eigenvalue weighted by atomic mass is 10.2. The Balaban J connectivity index is 2.44. The van der Waals surface area contributed by atoms with Crippen LogP contribution in [0.1, 0.15) is 32.8 Å². The van der Waals surface area contributed by atoms with Gasteiger partial charge < -0.3 is 9.47 Å². The van der Waals surface area contributed by atoms with Crippen LogP contribution in [-0.2, 0) is 14.8 Å². The van der Waals surface area contributed by atoms with Crippen molar-refractivity contribution >= 4 is 16.1 Å². The Morgan fingerprint density at radius 1 is 1.10 bits per heavy atom. The van der Waals surface area contributed by atoms with E-state index < -0.39 is 27.8 Å². The molecule has 2 aromatic rings. The molecule has 1 atom stereocenters. The molecule has 2 aromatic carbocycles. The fourth-order valence-electron chi connectivity index (χ4n) is 2.71. The summed E-state index contributed by atoms with van der Waals surface area (Å²) in [6.45, 7) is 10.6. The molecular formula is C23H29NO5S. The topological polar surface area (TPSA) is 72.9 Å². The summed E-state index contributed by atoms with van der Waals surface area (Å²) in [5.74, 6) is 0.573. The first-order valence-electron chi connectivity index (χ1n) is 9.67. The summed E-state index contributed by atoms with van der Waals surface area (Å²) >= 11 is 0. The van der Waals surface area contributed by atoms with Crippen LogP contribution in [0.4, 0.5) is 4.79 Å². The number of rotatable bonds is 8. The zero-order valence-electron chi connectivity index (χ0n) is 17.9. The Morgan fingerprint density at radius 2 is 1.70 bits per heavy atom. The molecule has 0 N–H and O–H groups in total. The number of carbonyl (C=O) groups excluding carboxylic acids is 1. The maximum atomic E-state index is 13.4. The lowest BCUT2D eigenvalue weighted by Crippen LogP contribution is -2.49. The average Bonchev–Trinajstić information content (AvgIpc) is 2.66. The number of carbonyl (C=O) groups is 1. The van der Waals surface area contributed by atoms with E-state index in [2.05, 4.69) is 6.58 Å². The van der Waals surface area contributed by atoms with E-state index in [1.165, 1.54) is 12.1 Å². The highest BCUT2D eigenvalue weighted by Crippen LogP contribution is 2.24. The first-order valence-corrected chi connectivity index (χ1v) is 11.1. The first-order chi connectivity index (χ1) is 14.0. The minimum absolute atomic E-state index is 0.00716. The van der Waals surface area contributed by atoms with Crippen LogP contribution in [0, 0.1) is 6.92 Å². The molecule has 0 fully saturated rings. The molecular weight excluding hydrogens is 402 g/mol. The van der Waals surface area contributed by atoms with Gasteiger partial charge in [0, 0.05) is 0 Å². The predicted molar refractivity (Wildman–Crippen MR) is 117 cm³/mol. The lowest BCUT2D eigenvalue weighted by molar-refractivity contribution is 0.0306. The van der Waals surface area contributed by atoms with E-state index in [1.807, 2.05) is 25.1 Å². The molecule has 6 nitrogen and oxygen atoms in total. The number of aryl methyl sites for hydroxylation is 1. The molecule has 7 heteroatoms. The second kappa shape index (κ2) is 9.80. The Morgan fingerprint density at radius 3 is 2.23 bits per heavy atom. The van der Waals surface area contributed by atoms with Crippen molar-refractivity contribution in [3.05, 3.63) is 72.8 Å². The molecule has 0 bridgehead atoms. The van der Waals surface area contributed by atoms with E-state index in [9.17, 15) is 13.2 Å². The number of sulfonamides is 1. The summed E-state index contributed by atoms with van der Waals surface area (Å²) in [4.78, 5) is 13.0. The van der Waals surface area contributed by atoms with Crippen LogP contribution in [0.5, 0.6) is 5.75 Å². The molecule has 162 valence electrons. The van der Waals surface area contributed by atoms with Crippen LogP contribution >= 0.6 is 0 Å². The summed E-state index contributed by atoms with van der Waals surface area (Å²) in [6.07, 6.45) is 0.810. The average molecular weight is 432 g/mol. The zero-order chi connectivity index (χ0) is 22.4. The summed E-state index contributed by atoms with van der Waals surface area (Å²) in [5.41, 5.74) is 0.0461. The summed E-state index contributed by atoms with van der Waals surface area (Å²) in [7, 11) is -4.18. The number of para-hydroxylation sites is 1. The number of benzene rings is 2. The molecule has 0 saturated carbocycles. The van der Waals surface area contributed by atoms with E-state index >= 15 is 0 Å². The third-order valence-corrected chi connectivity index (χ3v) is 5.94. The van der Waals surface area contributed by atoms with E-state index in [0.29, 0.717) is 5.75 Å². The van der Waals surface area contributed by atoms with Crippen LogP contribution in [-0.4, -0.2) is 37.1 Å². The molecule has 0 spiro atoms. The molecule has 30 heavy (non-hydrogen) atoms. The monoisotopic (exact) mass is 431 g/mol. The summed E-state index contributed by atoms with van der Waals surface area (Å²) in [5, 5.41) is 0. The van der Waals surface area contributed by atoms with E-state index in [-0.39, 0.29) is 17.9 Å². The van der Waals surface area contributed by atoms with Crippen molar-refractivity contribution < 1.29 is 22.7 Å². The standard InChI is InChI=1S/C23H29NO5S/c1-6-10-19(17-28-20-11-8-7-9-12-20)24(22(25)29-23(3,4)5)30(26,27)21-15-13-18(2)14-16-21/h6-9,11-16,19H,1,10,17H2,2-5H3. The van der Waals surface area contributed by atoms with Crippen molar-refractivity contribution in [2.24, 2.45) is 0 Å². The third-order valence-electron chi connectivity index (χ3n) is 4.11. The number of amides is 1. The molecule has 0 aromatic heterocycles. The van der Waals surface area contributed by atoms with E-state index in [4.69, 9.17) is 9.47 Å². The van der Waals surface area contributed by atoms with Gasteiger partial charge in [-0.2, -0.15) is 4.31 Å². The van der Waals surface area contributed by atoms with Crippen LogP contribution in [0.15, 0.2) is 72.1 Å². The maximum Gasteiger partial charge on any atom is 0.424 e. The summed E-state index contributed by atoms with van der Waals surface area (Å²) < 4.78 is 38.8. The van der Waals surface area contributed by atoms with Crippen molar-refractivity contribution in [2.75, 3.05) is 6.61 Å². The second-order valence-corrected chi connectivity index (χ2v) is 9.71. The van der Waals surface area contributed by atoms with Gasteiger partial charge in [0.15, 0.2) is 0 Å². The fraction of sp³-hybridized carbons (Fsp3) is 0.348. The van der Waals surface area contributed by atoms with Crippen LogP contribution in [0.3, 0.4) is 0 Å². The van der Waals surface area contributed by atoms with E-state index in [0.717, 1.165) is 9.87 Å². The highest BCUT2D eigenvalue weighted by Gasteiger charge is 2.38. The molecule has 2 rings (SSSR count). The lowest BCUT2D eigenvalue weighted by Gasteiger charge is -2.32. The largest absolute Gasteiger partial charge is 0.491 e. The molecule has 1 unspecified atom stereocenters. The van der Waals surface area contributed by atoms with Gasteiger partial charge >= 0.3 is 6.09 Å². The van der Waals surface area contributed by atoms with Crippen molar-refractivity contribution in [1.29, 1.82) is 0 Å². The molecule has 0 radical (unpaired) electrons. The van der Waals surface area contributed by atoms with Gasteiger partial charge in [-0.1, -0.05) is 42.0 Å². The van der Waals surface area contributed by atoms with Gasteiger partial charge in [-0.3, -0.25) is 0 Å². The quantitative estimate of drug-likeness (QED) is 0.553. The number of hydrogen-bond donors (Lipinski definition) is 0. The van der Waals surface area contributed by atoms with Gasteiger partial charge in [0.05, 0.1) is 10.9 Å². The van der Waals surface area contributed by atoms with Crippen molar-refractivity contribution in [2.45, 2.75) is 50.7 Å². The zero-order valence-corrected chi connectivity index (χ0v) is 18.7. The third kappa shape index (κ3) is 6.35. The Kier molecular flexibility index (Phi) is 7.67. The fourth-order valence-corrected chi connectivity index (χ4v) is 4.19. The van der Waals surface area contributed by atoms with Gasteiger partial charge in [-0.15, -0.1) is 6.58 Å². The van der Waals surface area contributed by atoms with E-state index in [1.54, 1.807) is 51.1 Å². The number of ether oxygens (including phenoxy) is 2. The number of hydrogen-bond acceptors (Lipinski definition) is 5. The summed E-state index contributed by atoms with van der Waals surface area (Å²) in [6, 6.07) is 14.5. The molecule has 0 aliphatic rings. The van der Waals surface area contributed by atoms with Gasteiger partial charge in [-0.25, -0.2) is 13.2 Å².